The van der Waals surface area contributed by atoms with Crippen molar-refractivity contribution in [2.24, 2.45) is 0 Å². The highest BCUT2D eigenvalue weighted by Crippen LogP contribution is 2.29. The van der Waals surface area contributed by atoms with Crippen LogP contribution in [0.5, 0.6) is 0 Å². The van der Waals surface area contributed by atoms with Gasteiger partial charge in [-0.3, -0.25) is 9.59 Å². The van der Waals surface area contributed by atoms with Crippen LogP contribution in [-0.4, -0.2) is 18.4 Å². The number of carbonyl (C=O) groups is 2. The highest BCUT2D eigenvalue weighted by Gasteiger charge is 2.10. The summed E-state index contributed by atoms with van der Waals surface area (Å²) < 4.78 is 13.8. The Morgan fingerprint density at radius 1 is 1.08 bits per heavy atom. The molecule has 0 spiro atoms. The molecule has 0 aliphatic heterocycles. The molecule has 0 fully saturated rings. The molecule has 5 nitrogen and oxygen atoms in total. The van der Waals surface area contributed by atoms with Crippen molar-refractivity contribution in [1.82, 2.24) is 0 Å². The summed E-state index contributed by atoms with van der Waals surface area (Å²) in [7, 11) is 0. The van der Waals surface area contributed by atoms with Gasteiger partial charge in [0.2, 0.25) is 11.8 Å². The maximum Gasteiger partial charge on any atom is 0.243 e. The molecule has 126 valence electrons. The molecule has 0 atom stereocenters. The third-order valence-corrected chi connectivity index (χ3v) is 3.77. The van der Waals surface area contributed by atoms with Gasteiger partial charge >= 0.3 is 0 Å². The molecular weight excluding hydrogens is 356 g/mol. The zero-order valence-corrected chi connectivity index (χ0v) is 14.1. The number of anilines is 3. The number of amides is 2. The Kier molecular flexibility index (Phi) is 6.00. The Morgan fingerprint density at radius 2 is 1.83 bits per heavy atom. The average Bonchev–Trinajstić information content (AvgIpc) is 2.52. The summed E-state index contributed by atoms with van der Waals surface area (Å²) in [6.45, 7) is 1.15. The number of nitrogens with one attached hydrogen (secondary N) is 3. The average molecular weight is 370 g/mol. The van der Waals surface area contributed by atoms with Crippen molar-refractivity contribution in [2.75, 3.05) is 22.5 Å². The van der Waals surface area contributed by atoms with E-state index in [0.717, 1.165) is 0 Å². The van der Waals surface area contributed by atoms with Gasteiger partial charge in [-0.1, -0.05) is 29.3 Å². The first kappa shape index (κ1) is 18.0. The normalized spacial score (nSPS) is 10.2. The zero-order valence-electron chi connectivity index (χ0n) is 12.6. The Hall–Kier alpha value is -2.31. The maximum absolute atomic E-state index is 13.8. The second-order valence-corrected chi connectivity index (χ2v) is 5.66. The van der Waals surface area contributed by atoms with Crippen molar-refractivity contribution in [2.45, 2.75) is 6.92 Å². The van der Waals surface area contributed by atoms with Gasteiger partial charge in [0, 0.05) is 12.6 Å². The quantitative estimate of drug-likeness (QED) is 0.741. The Labute approximate surface area is 148 Å². The highest BCUT2D eigenvalue weighted by atomic mass is 35.5. The fourth-order valence-corrected chi connectivity index (χ4v) is 2.26. The van der Waals surface area contributed by atoms with Crippen LogP contribution in [-0.2, 0) is 9.59 Å². The second-order valence-electron chi connectivity index (χ2n) is 4.88. The highest BCUT2D eigenvalue weighted by molar-refractivity contribution is 6.44. The summed E-state index contributed by atoms with van der Waals surface area (Å²) in [5.74, 6) is -1.25. The number of benzene rings is 2. The standard InChI is InChI=1S/C16H14Cl2FN3O2/c1-9(23)21-10-5-6-12(19)14(7-10)20-8-15(24)22-13-4-2-3-11(17)16(13)18/h2-7,20H,8H2,1H3,(H,21,23)(H,22,24). The number of carbonyl (C=O) groups excluding carboxylic acids is 2. The van der Waals surface area contributed by atoms with E-state index >= 15 is 0 Å². The molecule has 0 unspecified atom stereocenters. The van der Waals surface area contributed by atoms with Crippen LogP contribution in [0, 0.1) is 5.82 Å². The SMILES string of the molecule is CC(=O)Nc1ccc(F)c(NCC(=O)Nc2cccc(Cl)c2Cl)c1. The molecule has 0 saturated heterocycles. The van der Waals surface area contributed by atoms with Crippen LogP contribution < -0.4 is 16.0 Å². The first-order valence-electron chi connectivity index (χ1n) is 6.91. The van der Waals surface area contributed by atoms with E-state index in [0.29, 0.717) is 16.4 Å². The van der Waals surface area contributed by atoms with E-state index in [1.54, 1.807) is 18.2 Å². The number of halogens is 3. The van der Waals surface area contributed by atoms with E-state index < -0.39 is 11.7 Å². The van der Waals surface area contributed by atoms with Crippen LogP contribution in [0.3, 0.4) is 0 Å². The smallest absolute Gasteiger partial charge is 0.243 e. The minimum Gasteiger partial charge on any atom is -0.374 e. The van der Waals surface area contributed by atoms with Gasteiger partial charge in [0.1, 0.15) is 5.82 Å². The van der Waals surface area contributed by atoms with Gasteiger partial charge in [0.15, 0.2) is 0 Å². The van der Waals surface area contributed by atoms with Crippen LogP contribution in [0.1, 0.15) is 6.92 Å². The summed E-state index contributed by atoms with van der Waals surface area (Å²) in [4.78, 5) is 23.0. The molecule has 0 bridgehead atoms. The number of hydrogen-bond donors (Lipinski definition) is 3. The van der Waals surface area contributed by atoms with Crippen molar-refractivity contribution >= 4 is 52.1 Å². The molecule has 2 aromatic rings. The lowest BCUT2D eigenvalue weighted by Crippen LogP contribution is -2.22. The molecule has 0 heterocycles. The molecule has 0 radical (unpaired) electrons. The van der Waals surface area contributed by atoms with Crippen molar-refractivity contribution in [3.63, 3.8) is 0 Å². The van der Waals surface area contributed by atoms with E-state index in [2.05, 4.69) is 16.0 Å². The van der Waals surface area contributed by atoms with E-state index in [1.165, 1.54) is 25.1 Å². The zero-order chi connectivity index (χ0) is 17.7. The molecule has 3 N–H and O–H groups in total. The van der Waals surface area contributed by atoms with Gasteiger partial charge < -0.3 is 16.0 Å². The number of rotatable bonds is 5. The van der Waals surface area contributed by atoms with Gasteiger partial charge in [0.25, 0.3) is 0 Å². The second kappa shape index (κ2) is 7.99. The lowest BCUT2D eigenvalue weighted by Gasteiger charge is -2.11. The van der Waals surface area contributed by atoms with Crippen molar-refractivity contribution in [3.05, 3.63) is 52.3 Å². The molecule has 8 heteroatoms. The number of hydrogen-bond acceptors (Lipinski definition) is 3. The van der Waals surface area contributed by atoms with Crippen molar-refractivity contribution < 1.29 is 14.0 Å². The molecule has 2 rings (SSSR count). The fourth-order valence-electron chi connectivity index (χ4n) is 1.91. The molecule has 2 aromatic carbocycles. The van der Waals surface area contributed by atoms with E-state index in [1.807, 2.05) is 0 Å². The van der Waals surface area contributed by atoms with E-state index in [-0.39, 0.29) is 23.2 Å². The maximum atomic E-state index is 13.8. The van der Waals surface area contributed by atoms with Gasteiger partial charge in [-0.25, -0.2) is 4.39 Å². The Balaban J connectivity index is 2.01. The predicted octanol–water partition coefficient (Wildman–Crippen LogP) is 4.14. The first-order valence-corrected chi connectivity index (χ1v) is 7.67. The van der Waals surface area contributed by atoms with Crippen LogP contribution in [0.25, 0.3) is 0 Å². The Bertz CT molecular complexity index is 784. The largest absolute Gasteiger partial charge is 0.374 e. The van der Waals surface area contributed by atoms with Gasteiger partial charge in [0.05, 0.1) is 28.0 Å². The van der Waals surface area contributed by atoms with Crippen LogP contribution in [0.4, 0.5) is 21.5 Å². The topological polar surface area (TPSA) is 70.2 Å². The lowest BCUT2D eigenvalue weighted by atomic mass is 10.2. The summed E-state index contributed by atoms with van der Waals surface area (Å²) in [5, 5.41) is 8.32. The third-order valence-electron chi connectivity index (χ3n) is 2.95. The molecular formula is C16H14Cl2FN3O2. The van der Waals surface area contributed by atoms with Crippen LogP contribution in [0.15, 0.2) is 36.4 Å². The summed E-state index contributed by atoms with van der Waals surface area (Å²) in [5.41, 5.74) is 0.877. The lowest BCUT2D eigenvalue weighted by molar-refractivity contribution is -0.115. The van der Waals surface area contributed by atoms with Crippen molar-refractivity contribution in [1.29, 1.82) is 0 Å². The molecule has 2 amide bonds. The third kappa shape index (κ3) is 4.84. The van der Waals surface area contributed by atoms with Gasteiger partial charge in [-0.05, 0) is 30.3 Å². The molecule has 0 aliphatic carbocycles. The fraction of sp³-hybridized carbons (Fsp3) is 0.125. The van der Waals surface area contributed by atoms with Crippen LogP contribution in [0.2, 0.25) is 10.0 Å². The van der Waals surface area contributed by atoms with Gasteiger partial charge in [-0.15, -0.1) is 0 Å². The molecule has 0 saturated carbocycles. The summed E-state index contributed by atoms with van der Waals surface area (Å²) >= 11 is 11.8. The first-order chi connectivity index (χ1) is 11.4. The summed E-state index contributed by atoms with van der Waals surface area (Å²) in [6.07, 6.45) is 0. The summed E-state index contributed by atoms with van der Waals surface area (Å²) in [6, 6.07) is 8.86. The minimum absolute atomic E-state index is 0.0913. The van der Waals surface area contributed by atoms with Crippen molar-refractivity contribution in [3.8, 4) is 0 Å². The minimum atomic E-state index is -0.544. The monoisotopic (exact) mass is 369 g/mol. The predicted molar refractivity (Wildman–Crippen MR) is 94.3 cm³/mol. The van der Waals surface area contributed by atoms with E-state index in [9.17, 15) is 14.0 Å². The Morgan fingerprint density at radius 3 is 2.54 bits per heavy atom. The molecule has 0 aliphatic rings. The molecule has 24 heavy (non-hydrogen) atoms. The van der Waals surface area contributed by atoms with E-state index in [4.69, 9.17) is 23.2 Å². The van der Waals surface area contributed by atoms with Crippen LogP contribution >= 0.6 is 23.2 Å². The van der Waals surface area contributed by atoms with Gasteiger partial charge in [-0.2, -0.15) is 0 Å². The molecule has 0 aromatic heterocycles.